The van der Waals surface area contributed by atoms with Crippen molar-refractivity contribution in [2.75, 3.05) is 7.11 Å². The Morgan fingerprint density at radius 3 is 2.33 bits per heavy atom. The predicted octanol–water partition coefficient (Wildman–Crippen LogP) is 5.96. The van der Waals surface area contributed by atoms with Crippen LogP contribution in [-0.4, -0.2) is 31.2 Å². The third-order valence-corrected chi connectivity index (χ3v) is 7.08. The van der Waals surface area contributed by atoms with Gasteiger partial charge in [0.05, 0.1) is 12.9 Å². The van der Waals surface area contributed by atoms with Crippen LogP contribution >= 0.6 is 0 Å². The molecule has 0 radical (unpaired) electrons. The van der Waals surface area contributed by atoms with Crippen molar-refractivity contribution in [3.63, 3.8) is 0 Å². The number of amides is 1. The Bertz CT molecular complexity index is 1450. The normalized spacial score (nSPS) is 16.8. The van der Waals surface area contributed by atoms with Gasteiger partial charge in [-0.15, -0.1) is 0 Å². The van der Waals surface area contributed by atoms with Gasteiger partial charge in [-0.2, -0.15) is 0 Å². The molecule has 0 saturated heterocycles. The number of fused-ring (bicyclic) bond motifs is 1. The summed E-state index contributed by atoms with van der Waals surface area (Å²) in [5, 5.41) is 2.83. The highest BCUT2D eigenvalue weighted by Gasteiger charge is 2.26. The summed E-state index contributed by atoms with van der Waals surface area (Å²) in [6.07, 6.45) is 9.49. The van der Waals surface area contributed by atoms with E-state index in [0.29, 0.717) is 13.0 Å². The number of methoxy groups -OCH3 is 1. The smallest absolute Gasteiger partial charge is 0.328 e. The van der Waals surface area contributed by atoms with E-state index < -0.39 is 17.9 Å². The molecule has 1 amide bonds. The van der Waals surface area contributed by atoms with Gasteiger partial charge in [0.1, 0.15) is 18.3 Å². The largest absolute Gasteiger partial charge is 0.493 e. The fourth-order valence-corrected chi connectivity index (χ4v) is 4.80. The van der Waals surface area contributed by atoms with E-state index in [0.717, 1.165) is 46.4 Å². The van der Waals surface area contributed by atoms with Crippen molar-refractivity contribution < 1.29 is 19.1 Å². The second-order valence-electron chi connectivity index (χ2n) is 9.84. The topological polar surface area (TPSA) is 77.0 Å². The van der Waals surface area contributed by atoms with Gasteiger partial charge in [0.15, 0.2) is 0 Å². The van der Waals surface area contributed by atoms with Crippen molar-refractivity contribution in [2.45, 2.75) is 31.9 Å². The number of ether oxygens (including phenoxy) is 2. The molecule has 3 aromatic carbocycles. The third kappa shape index (κ3) is 6.83. The van der Waals surface area contributed by atoms with Gasteiger partial charge in [0.25, 0.3) is 5.91 Å². The van der Waals surface area contributed by atoms with E-state index >= 15 is 0 Å². The molecule has 1 aliphatic heterocycles. The molecule has 1 aliphatic carbocycles. The number of carbonyl (C=O) groups is 2. The highest BCUT2D eigenvalue weighted by molar-refractivity contribution is 5.98. The van der Waals surface area contributed by atoms with Crippen molar-refractivity contribution in [1.29, 1.82) is 0 Å². The molecular weight excluding hydrogens is 500 g/mol. The summed E-state index contributed by atoms with van der Waals surface area (Å²) in [5.74, 6) is 0.0870. The SMILES string of the molecule is COC(=O)[C@H](Cc1ccc(-c2ccccc2)cc1)NC(=O)C1=CC2=CC=C(OCc3ccccc3)CCC2C=N1. The van der Waals surface area contributed by atoms with Gasteiger partial charge >= 0.3 is 5.97 Å². The Balaban J connectivity index is 1.24. The minimum absolute atomic E-state index is 0.102. The molecule has 6 heteroatoms. The summed E-state index contributed by atoms with van der Waals surface area (Å²) in [6.45, 7) is 0.516. The van der Waals surface area contributed by atoms with Crippen LogP contribution in [0.4, 0.5) is 0 Å². The number of allylic oxidation sites excluding steroid dienone is 5. The van der Waals surface area contributed by atoms with Gasteiger partial charge in [-0.1, -0.05) is 91.0 Å². The monoisotopic (exact) mass is 532 g/mol. The zero-order valence-corrected chi connectivity index (χ0v) is 22.5. The van der Waals surface area contributed by atoms with E-state index in [1.165, 1.54) is 7.11 Å². The van der Waals surface area contributed by atoms with Crippen molar-refractivity contribution >= 4 is 18.1 Å². The van der Waals surface area contributed by atoms with Gasteiger partial charge in [-0.3, -0.25) is 9.79 Å². The van der Waals surface area contributed by atoms with Crippen molar-refractivity contribution in [3.05, 3.63) is 131 Å². The molecule has 5 rings (SSSR count). The Morgan fingerprint density at radius 2 is 1.60 bits per heavy atom. The molecule has 0 aromatic heterocycles. The van der Waals surface area contributed by atoms with Crippen LogP contribution in [0, 0.1) is 5.92 Å². The summed E-state index contributed by atoms with van der Waals surface area (Å²) in [5.41, 5.74) is 5.48. The predicted molar refractivity (Wildman–Crippen MR) is 156 cm³/mol. The fourth-order valence-electron chi connectivity index (χ4n) is 4.80. The van der Waals surface area contributed by atoms with Crippen molar-refractivity contribution in [2.24, 2.45) is 10.9 Å². The number of esters is 1. The van der Waals surface area contributed by atoms with Gasteiger partial charge in [0, 0.05) is 25.0 Å². The molecule has 202 valence electrons. The van der Waals surface area contributed by atoms with Crippen LogP contribution in [0.5, 0.6) is 0 Å². The van der Waals surface area contributed by atoms with E-state index in [1.807, 2.05) is 103 Å². The number of carbonyl (C=O) groups excluding carboxylic acids is 2. The minimum Gasteiger partial charge on any atom is -0.493 e. The number of rotatable bonds is 9. The molecule has 1 heterocycles. The van der Waals surface area contributed by atoms with Gasteiger partial charge < -0.3 is 14.8 Å². The maximum Gasteiger partial charge on any atom is 0.328 e. The Morgan fingerprint density at radius 1 is 0.900 bits per heavy atom. The maximum absolute atomic E-state index is 13.2. The first-order chi connectivity index (χ1) is 19.6. The first-order valence-corrected chi connectivity index (χ1v) is 13.5. The minimum atomic E-state index is -0.838. The van der Waals surface area contributed by atoms with E-state index in [9.17, 15) is 9.59 Å². The first kappa shape index (κ1) is 26.9. The maximum atomic E-state index is 13.2. The van der Waals surface area contributed by atoms with Gasteiger partial charge in [0.2, 0.25) is 0 Å². The number of hydrogen-bond acceptors (Lipinski definition) is 5. The van der Waals surface area contributed by atoms with E-state index in [-0.39, 0.29) is 11.6 Å². The molecule has 1 N–H and O–H groups in total. The Kier molecular flexibility index (Phi) is 8.66. The fraction of sp³-hybridized carbons (Fsp3) is 0.206. The molecule has 2 atom stereocenters. The second-order valence-corrected chi connectivity index (χ2v) is 9.84. The lowest BCUT2D eigenvalue weighted by molar-refractivity contribution is -0.144. The average Bonchev–Trinajstić information content (AvgIpc) is 3.22. The number of nitrogens with zero attached hydrogens (tertiary/aromatic N) is 1. The van der Waals surface area contributed by atoms with E-state index in [4.69, 9.17) is 9.47 Å². The zero-order valence-electron chi connectivity index (χ0n) is 22.5. The van der Waals surface area contributed by atoms with Crippen LogP contribution in [0.1, 0.15) is 24.0 Å². The second kappa shape index (κ2) is 12.9. The summed E-state index contributed by atoms with van der Waals surface area (Å²) >= 11 is 0. The molecule has 2 aliphatic rings. The molecule has 0 spiro atoms. The average molecular weight is 533 g/mol. The van der Waals surface area contributed by atoms with Crippen molar-refractivity contribution in [3.8, 4) is 11.1 Å². The summed E-state index contributed by atoms with van der Waals surface area (Å²) in [7, 11) is 1.32. The summed E-state index contributed by atoms with van der Waals surface area (Å²) in [6, 6.07) is 27.2. The van der Waals surface area contributed by atoms with E-state index in [1.54, 1.807) is 6.08 Å². The lowest BCUT2D eigenvalue weighted by Gasteiger charge is -2.20. The molecule has 3 aromatic rings. The third-order valence-electron chi connectivity index (χ3n) is 7.08. The molecule has 0 saturated carbocycles. The van der Waals surface area contributed by atoms with Crippen LogP contribution in [0.25, 0.3) is 11.1 Å². The van der Waals surface area contributed by atoms with Crippen molar-refractivity contribution in [1.82, 2.24) is 5.32 Å². The molecule has 6 nitrogen and oxygen atoms in total. The molecule has 0 fully saturated rings. The van der Waals surface area contributed by atoms with Crippen LogP contribution in [0.2, 0.25) is 0 Å². The highest BCUT2D eigenvalue weighted by Crippen LogP contribution is 2.29. The number of hydrogen-bond donors (Lipinski definition) is 1. The highest BCUT2D eigenvalue weighted by atomic mass is 16.5. The van der Waals surface area contributed by atoms with Crippen LogP contribution in [0.3, 0.4) is 0 Å². The Labute approximate surface area is 234 Å². The van der Waals surface area contributed by atoms with Crippen LogP contribution < -0.4 is 5.32 Å². The summed E-state index contributed by atoms with van der Waals surface area (Å²) in [4.78, 5) is 30.2. The molecular formula is C34H32N2O4. The lowest BCUT2D eigenvalue weighted by Crippen LogP contribution is -2.43. The molecule has 40 heavy (non-hydrogen) atoms. The molecule has 0 bridgehead atoms. The van der Waals surface area contributed by atoms with Gasteiger partial charge in [-0.05, 0) is 46.4 Å². The number of nitrogens with one attached hydrogen (secondary N) is 1. The zero-order chi connectivity index (χ0) is 27.7. The summed E-state index contributed by atoms with van der Waals surface area (Å²) < 4.78 is 11.0. The number of benzene rings is 3. The first-order valence-electron chi connectivity index (χ1n) is 13.5. The molecule has 1 unspecified atom stereocenters. The van der Waals surface area contributed by atoms with E-state index in [2.05, 4.69) is 10.3 Å². The van der Waals surface area contributed by atoms with Gasteiger partial charge in [-0.25, -0.2) is 4.79 Å². The number of aliphatic imine (C=N–C) groups is 1. The van der Waals surface area contributed by atoms with Crippen LogP contribution in [0.15, 0.2) is 125 Å². The lowest BCUT2D eigenvalue weighted by atomic mass is 9.93. The van der Waals surface area contributed by atoms with Crippen LogP contribution in [-0.2, 0) is 32.1 Å². The Hall–Kier alpha value is -4.71. The standard InChI is InChI=1S/C34H32N2O4/c1-39-34(38)32(20-24-12-14-27(15-13-24)26-10-6-3-7-11-26)36-33(37)31-21-28-16-18-30(19-17-29(28)22-35-31)40-23-25-8-4-2-5-9-25/h2-16,18,21-22,29,32H,17,19-20,23H2,1H3,(H,36,37)/t29?,32-/m0/s1. The quantitative estimate of drug-likeness (QED) is 0.345.